The Hall–Kier alpha value is 0. The quantitative estimate of drug-likeness (QED) is 0.427. The van der Waals surface area contributed by atoms with Crippen molar-refractivity contribution >= 4 is 0 Å². The van der Waals surface area contributed by atoms with Gasteiger partial charge in [0, 0.05) is 0 Å². The Morgan fingerprint density at radius 2 is 1.29 bits per heavy atom. The first-order valence-electron chi connectivity index (χ1n) is 11.8. The minimum atomic E-state index is 1.11. The van der Waals surface area contributed by atoms with Gasteiger partial charge < -0.3 is 0 Å². The zero-order chi connectivity index (χ0) is 17.0. The first kappa shape index (κ1) is 20.3. The molecule has 24 heavy (non-hydrogen) atoms. The van der Waals surface area contributed by atoms with Gasteiger partial charge in [-0.1, -0.05) is 123 Å². The molecule has 3 fully saturated rings. The highest BCUT2D eigenvalue weighted by Crippen LogP contribution is 2.45. The summed E-state index contributed by atoms with van der Waals surface area (Å²) >= 11 is 0. The van der Waals surface area contributed by atoms with Crippen molar-refractivity contribution < 1.29 is 0 Å². The topological polar surface area (TPSA) is 0 Å². The second-order valence-electron chi connectivity index (χ2n) is 9.19. The summed E-state index contributed by atoms with van der Waals surface area (Å²) in [4.78, 5) is 0. The number of rotatable bonds is 6. The lowest BCUT2D eigenvalue weighted by Crippen LogP contribution is -2.30. The van der Waals surface area contributed by atoms with Crippen LogP contribution < -0.4 is 0 Å². The van der Waals surface area contributed by atoms with Crippen molar-refractivity contribution in [1.82, 2.24) is 0 Å². The predicted molar refractivity (Wildman–Crippen MR) is 108 cm³/mol. The lowest BCUT2D eigenvalue weighted by atomic mass is 9.64. The Morgan fingerprint density at radius 3 is 2.04 bits per heavy atom. The summed E-state index contributed by atoms with van der Waals surface area (Å²) in [5.74, 6) is 4.50. The third kappa shape index (κ3) is 7.09. The summed E-state index contributed by atoms with van der Waals surface area (Å²) in [7, 11) is 0. The molecule has 0 N–H and O–H groups in total. The third-order valence-electron chi connectivity index (χ3n) is 7.32. The van der Waals surface area contributed by atoms with Crippen LogP contribution in [-0.2, 0) is 0 Å². The van der Waals surface area contributed by atoms with E-state index in [2.05, 4.69) is 13.8 Å². The fraction of sp³-hybridized carbons (Fsp3) is 1.00. The van der Waals surface area contributed by atoms with Crippen LogP contribution in [0.2, 0.25) is 0 Å². The van der Waals surface area contributed by atoms with E-state index in [1.807, 2.05) is 0 Å². The molecule has 0 amide bonds. The van der Waals surface area contributed by atoms with Crippen LogP contribution in [0.1, 0.15) is 129 Å². The zero-order valence-electron chi connectivity index (χ0n) is 17.0. The lowest BCUT2D eigenvalue weighted by Gasteiger charge is -2.41. The van der Waals surface area contributed by atoms with Crippen LogP contribution in [0, 0.1) is 23.7 Å². The molecule has 3 rings (SSSR count). The number of hydrogen-bond donors (Lipinski definition) is 0. The van der Waals surface area contributed by atoms with Crippen molar-refractivity contribution in [1.29, 1.82) is 0 Å². The third-order valence-corrected chi connectivity index (χ3v) is 7.32. The molecule has 0 heteroatoms. The highest BCUT2D eigenvalue weighted by Gasteiger charge is 2.33. The van der Waals surface area contributed by atoms with Crippen LogP contribution in [0.15, 0.2) is 0 Å². The van der Waals surface area contributed by atoms with Crippen molar-refractivity contribution in [2.45, 2.75) is 129 Å². The number of fused-ring (bicyclic) bond motifs is 1. The van der Waals surface area contributed by atoms with Crippen LogP contribution in [0.4, 0.5) is 0 Å². The van der Waals surface area contributed by atoms with Crippen molar-refractivity contribution in [3.05, 3.63) is 0 Å². The molecule has 3 unspecified atom stereocenters. The molecule has 0 spiro atoms. The maximum absolute atomic E-state index is 2.35. The Kier molecular flexibility index (Phi) is 10.5. The molecule has 0 aromatic rings. The van der Waals surface area contributed by atoms with E-state index in [1.54, 1.807) is 25.7 Å². The normalized spacial score (nSPS) is 31.0. The molecule has 3 aliphatic rings. The van der Waals surface area contributed by atoms with Crippen molar-refractivity contribution in [2.24, 2.45) is 23.7 Å². The molecular formula is C24H46. The minimum absolute atomic E-state index is 1.11. The zero-order valence-corrected chi connectivity index (χ0v) is 17.0. The Labute approximate surface area is 153 Å². The largest absolute Gasteiger partial charge is 0.0654 e. The van der Waals surface area contributed by atoms with E-state index in [-0.39, 0.29) is 0 Å². The first-order valence-corrected chi connectivity index (χ1v) is 11.8. The van der Waals surface area contributed by atoms with Crippen LogP contribution in [0.5, 0.6) is 0 Å². The van der Waals surface area contributed by atoms with Gasteiger partial charge in [0.05, 0.1) is 0 Å². The van der Waals surface area contributed by atoms with Crippen LogP contribution >= 0.6 is 0 Å². The molecule has 3 saturated carbocycles. The molecule has 0 aromatic carbocycles. The summed E-state index contributed by atoms with van der Waals surface area (Å²) in [5, 5.41) is 0. The van der Waals surface area contributed by atoms with Crippen molar-refractivity contribution in [3.63, 3.8) is 0 Å². The van der Waals surface area contributed by atoms with Gasteiger partial charge in [-0.3, -0.25) is 0 Å². The second kappa shape index (κ2) is 12.4. The van der Waals surface area contributed by atoms with Gasteiger partial charge in [0.2, 0.25) is 0 Å². The predicted octanol–water partition coefficient (Wildman–Crippen LogP) is 8.54. The van der Waals surface area contributed by atoms with Gasteiger partial charge in [0.1, 0.15) is 0 Å². The molecule has 3 atom stereocenters. The molecule has 0 bridgehead atoms. The molecule has 0 aromatic heterocycles. The molecule has 0 aliphatic heterocycles. The van der Waals surface area contributed by atoms with Gasteiger partial charge in [0.25, 0.3) is 0 Å². The summed E-state index contributed by atoms with van der Waals surface area (Å²) in [6.45, 7) is 4.65. The van der Waals surface area contributed by atoms with E-state index in [0.717, 1.165) is 23.7 Å². The number of unbranched alkanes of at least 4 members (excludes halogenated alkanes) is 2. The molecule has 0 radical (unpaired) electrons. The fourth-order valence-electron chi connectivity index (χ4n) is 5.96. The smallest absolute Gasteiger partial charge is 0.0357 e. The van der Waals surface area contributed by atoms with Crippen LogP contribution in [0.3, 0.4) is 0 Å². The highest BCUT2D eigenvalue weighted by molar-refractivity contribution is 4.84. The Bertz CT molecular complexity index is 284. The molecule has 0 heterocycles. The van der Waals surface area contributed by atoms with E-state index in [4.69, 9.17) is 0 Å². The molecule has 0 saturated heterocycles. The maximum Gasteiger partial charge on any atom is -0.0357 e. The number of hydrogen-bond acceptors (Lipinski definition) is 0. The van der Waals surface area contributed by atoms with Crippen molar-refractivity contribution in [2.75, 3.05) is 0 Å². The SMILES string of the molecule is CCCC1CCCC2CCCCC12.CCCCCC1CCCCC1. The van der Waals surface area contributed by atoms with Crippen LogP contribution in [0.25, 0.3) is 0 Å². The summed E-state index contributed by atoms with van der Waals surface area (Å²) in [6.07, 6.45) is 27.2. The van der Waals surface area contributed by atoms with Crippen molar-refractivity contribution in [3.8, 4) is 0 Å². The minimum Gasteiger partial charge on any atom is -0.0654 e. The van der Waals surface area contributed by atoms with Gasteiger partial charge in [-0.05, 0) is 30.1 Å². The van der Waals surface area contributed by atoms with E-state index < -0.39 is 0 Å². The van der Waals surface area contributed by atoms with E-state index in [1.165, 1.54) is 89.9 Å². The Balaban J connectivity index is 0.000000177. The summed E-state index contributed by atoms with van der Waals surface area (Å²) in [6, 6.07) is 0. The summed E-state index contributed by atoms with van der Waals surface area (Å²) in [5.41, 5.74) is 0. The highest BCUT2D eigenvalue weighted by atomic mass is 14.4. The average molecular weight is 335 g/mol. The standard InChI is InChI=1S/C13H24.C11H22/c1-2-6-11-8-5-9-12-7-3-4-10-13(11)12;1-2-3-5-8-11-9-6-4-7-10-11/h11-13H,2-10H2,1H3;11H,2-10H2,1H3. The summed E-state index contributed by atoms with van der Waals surface area (Å²) < 4.78 is 0. The first-order chi connectivity index (χ1) is 11.8. The average Bonchev–Trinajstić information content (AvgIpc) is 2.64. The van der Waals surface area contributed by atoms with Gasteiger partial charge >= 0.3 is 0 Å². The maximum atomic E-state index is 2.35. The second-order valence-corrected chi connectivity index (χ2v) is 9.19. The molecule has 0 nitrogen and oxygen atoms in total. The van der Waals surface area contributed by atoms with Gasteiger partial charge in [-0.2, -0.15) is 0 Å². The molecular weight excluding hydrogens is 288 g/mol. The van der Waals surface area contributed by atoms with Gasteiger partial charge in [-0.25, -0.2) is 0 Å². The molecule has 142 valence electrons. The Morgan fingerprint density at radius 1 is 0.583 bits per heavy atom. The molecule has 3 aliphatic carbocycles. The van der Waals surface area contributed by atoms with Gasteiger partial charge in [0.15, 0.2) is 0 Å². The van der Waals surface area contributed by atoms with E-state index in [0.29, 0.717) is 0 Å². The monoisotopic (exact) mass is 334 g/mol. The van der Waals surface area contributed by atoms with Gasteiger partial charge in [-0.15, -0.1) is 0 Å². The van der Waals surface area contributed by atoms with E-state index in [9.17, 15) is 0 Å². The lowest BCUT2D eigenvalue weighted by molar-refractivity contribution is 0.0975. The van der Waals surface area contributed by atoms with E-state index >= 15 is 0 Å². The fourth-order valence-corrected chi connectivity index (χ4v) is 5.96. The van der Waals surface area contributed by atoms with Crippen LogP contribution in [-0.4, -0.2) is 0 Å².